The van der Waals surface area contributed by atoms with Crippen LogP contribution >= 0.6 is 0 Å². The Labute approximate surface area is 144 Å². The molecular weight excluding hydrogens is 280 g/mol. The van der Waals surface area contributed by atoms with E-state index in [0.717, 1.165) is 5.82 Å². The molecule has 0 amide bonds. The zero-order chi connectivity index (χ0) is 17.9. The van der Waals surface area contributed by atoms with Crippen LogP contribution in [0.2, 0.25) is 0 Å². The summed E-state index contributed by atoms with van der Waals surface area (Å²) >= 11 is 0. The number of aromatic amines is 1. The summed E-state index contributed by atoms with van der Waals surface area (Å²) in [5, 5.41) is 0. The van der Waals surface area contributed by atoms with Gasteiger partial charge in [-0.1, -0.05) is 88.0 Å². The zero-order valence-corrected chi connectivity index (χ0v) is 17.2. The maximum absolute atomic E-state index is 5.12. The van der Waals surface area contributed by atoms with Gasteiger partial charge < -0.3 is 4.98 Å². The molecule has 0 aromatic carbocycles. The van der Waals surface area contributed by atoms with Crippen molar-refractivity contribution in [3.05, 3.63) is 17.2 Å². The lowest BCUT2D eigenvalue weighted by molar-refractivity contribution is 0.404. The lowest BCUT2D eigenvalue weighted by Crippen LogP contribution is -2.26. The minimum Gasteiger partial charge on any atom is -0.345 e. The van der Waals surface area contributed by atoms with Gasteiger partial charge in [-0.25, -0.2) is 4.98 Å². The Morgan fingerprint density at radius 3 is 1.70 bits per heavy atom. The van der Waals surface area contributed by atoms with Gasteiger partial charge in [0.1, 0.15) is 5.82 Å². The highest BCUT2D eigenvalue weighted by Crippen LogP contribution is 2.39. The van der Waals surface area contributed by atoms with E-state index in [9.17, 15) is 0 Å². The first-order valence-corrected chi connectivity index (χ1v) is 9.57. The molecule has 1 aromatic rings. The SMILES string of the molecule is CCCCC(C)(C)c1nc(C(C)(C)C)[nH]c1C(C)(C)CCCC. The van der Waals surface area contributed by atoms with Crippen LogP contribution in [0.1, 0.15) is 118 Å². The topological polar surface area (TPSA) is 28.7 Å². The van der Waals surface area contributed by atoms with Gasteiger partial charge in [0.05, 0.1) is 5.69 Å². The zero-order valence-electron chi connectivity index (χ0n) is 17.2. The fraction of sp³-hybridized carbons (Fsp3) is 0.857. The van der Waals surface area contributed by atoms with Crippen LogP contribution in [0, 0.1) is 0 Å². The first-order valence-electron chi connectivity index (χ1n) is 9.57. The molecule has 0 bridgehead atoms. The van der Waals surface area contributed by atoms with Gasteiger partial charge in [0.25, 0.3) is 0 Å². The van der Waals surface area contributed by atoms with E-state index in [-0.39, 0.29) is 16.2 Å². The second-order valence-electron chi connectivity index (χ2n) is 9.53. The molecular formula is C21H40N2. The van der Waals surface area contributed by atoms with Gasteiger partial charge in [0.15, 0.2) is 0 Å². The normalized spacial score (nSPS) is 13.6. The minimum absolute atomic E-state index is 0.0642. The van der Waals surface area contributed by atoms with Crippen molar-refractivity contribution in [1.82, 2.24) is 9.97 Å². The summed E-state index contributed by atoms with van der Waals surface area (Å²) < 4.78 is 0. The van der Waals surface area contributed by atoms with Gasteiger partial charge in [-0.15, -0.1) is 0 Å². The van der Waals surface area contributed by atoms with E-state index in [1.54, 1.807) is 0 Å². The lowest BCUT2D eigenvalue weighted by atomic mass is 9.75. The Bertz CT molecular complexity index is 449. The molecule has 0 saturated carbocycles. The van der Waals surface area contributed by atoms with Crippen molar-refractivity contribution in [3.8, 4) is 0 Å². The van der Waals surface area contributed by atoms with Crippen molar-refractivity contribution >= 4 is 0 Å². The van der Waals surface area contributed by atoms with Gasteiger partial charge in [-0.05, 0) is 12.8 Å². The van der Waals surface area contributed by atoms with Gasteiger partial charge in [0.2, 0.25) is 0 Å². The van der Waals surface area contributed by atoms with Crippen molar-refractivity contribution < 1.29 is 0 Å². The molecule has 0 saturated heterocycles. The maximum atomic E-state index is 5.12. The molecule has 0 atom stereocenters. The Kier molecular flexibility index (Phi) is 6.52. The van der Waals surface area contributed by atoms with Crippen molar-refractivity contribution in [2.75, 3.05) is 0 Å². The fourth-order valence-electron chi connectivity index (χ4n) is 3.19. The second-order valence-corrected chi connectivity index (χ2v) is 9.53. The lowest BCUT2D eigenvalue weighted by Gasteiger charge is -2.30. The number of hydrogen-bond acceptors (Lipinski definition) is 1. The van der Waals surface area contributed by atoms with Crippen molar-refractivity contribution in [3.63, 3.8) is 0 Å². The van der Waals surface area contributed by atoms with Crippen LogP contribution in [0.25, 0.3) is 0 Å². The first kappa shape index (κ1) is 20.3. The second kappa shape index (κ2) is 7.40. The highest BCUT2D eigenvalue weighted by molar-refractivity contribution is 5.31. The van der Waals surface area contributed by atoms with Crippen molar-refractivity contribution in [2.45, 2.75) is 117 Å². The van der Waals surface area contributed by atoms with Gasteiger partial charge >= 0.3 is 0 Å². The standard InChI is InChI=1S/C21H40N2/c1-10-12-14-20(6,7)16-17(21(8,9)15-13-11-2)23-18(22-16)19(3,4)5/h10-15H2,1-9H3,(H,22,23). The van der Waals surface area contributed by atoms with E-state index in [2.05, 4.69) is 67.3 Å². The molecule has 2 nitrogen and oxygen atoms in total. The van der Waals surface area contributed by atoms with Crippen LogP contribution in [-0.2, 0) is 16.2 Å². The molecule has 0 spiro atoms. The summed E-state index contributed by atoms with van der Waals surface area (Å²) in [6.07, 6.45) is 7.44. The van der Waals surface area contributed by atoms with Gasteiger partial charge in [0, 0.05) is 21.9 Å². The van der Waals surface area contributed by atoms with Crippen LogP contribution in [-0.4, -0.2) is 9.97 Å². The summed E-state index contributed by atoms with van der Waals surface area (Å²) in [6, 6.07) is 0. The molecule has 0 aliphatic carbocycles. The van der Waals surface area contributed by atoms with Crippen LogP contribution in [0.3, 0.4) is 0 Å². The monoisotopic (exact) mass is 320 g/mol. The van der Waals surface area contributed by atoms with E-state index in [4.69, 9.17) is 4.98 Å². The van der Waals surface area contributed by atoms with E-state index in [1.807, 2.05) is 0 Å². The van der Waals surface area contributed by atoms with Gasteiger partial charge in [-0.2, -0.15) is 0 Å². The Hall–Kier alpha value is -0.790. The van der Waals surface area contributed by atoms with Crippen LogP contribution < -0.4 is 0 Å². The average Bonchev–Trinajstić information content (AvgIpc) is 2.90. The minimum atomic E-state index is 0.0642. The molecule has 2 heteroatoms. The third-order valence-electron chi connectivity index (χ3n) is 5.04. The molecule has 1 heterocycles. The molecule has 0 aliphatic heterocycles. The number of aromatic nitrogens is 2. The Morgan fingerprint density at radius 2 is 1.26 bits per heavy atom. The Morgan fingerprint density at radius 1 is 0.783 bits per heavy atom. The predicted molar refractivity (Wildman–Crippen MR) is 102 cm³/mol. The molecule has 0 radical (unpaired) electrons. The summed E-state index contributed by atoms with van der Waals surface area (Å²) in [4.78, 5) is 8.87. The number of hydrogen-bond donors (Lipinski definition) is 1. The van der Waals surface area contributed by atoms with E-state index < -0.39 is 0 Å². The van der Waals surface area contributed by atoms with E-state index in [0.29, 0.717) is 0 Å². The number of nitrogens with zero attached hydrogens (tertiary/aromatic N) is 1. The average molecular weight is 321 g/mol. The van der Waals surface area contributed by atoms with Crippen molar-refractivity contribution in [1.29, 1.82) is 0 Å². The molecule has 134 valence electrons. The third-order valence-corrected chi connectivity index (χ3v) is 5.04. The number of imidazole rings is 1. The molecule has 1 N–H and O–H groups in total. The number of H-pyrrole nitrogens is 1. The molecule has 0 unspecified atom stereocenters. The van der Waals surface area contributed by atoms with Crippen LogP contribution in [0.5, 0.6) is 0 Å². The first-order chi connectivity index (χ1) is 10.5. The molecule has 23 heavy (non-hydrogen) atoms. The quantitative estimate of drug-likeness (QED) is 0.571. The summed E-state index contributed by atoms with van der Waals surface area (Å²) in [5.41, 5.74) is 3.03. The van der Waals surface area contributed by atoms with E-state index >= 15 is 0 Å². The predicted octanol–water partition coefficient (Wildman–Crippen LogP) is 6.64. The number of nitrogens with one attached hydrogen (secondary N) is 1. The molecule has 0 aliphatic rings. The van der Waals surface area contributed by atoms with Gasteiger partial charge in [-0.3, -0.25) is 0 Å². The largest absolute Gasteiger partial charge is 0.345 e. The van der Waals surface area contributed by atoms with Crippen LogP contribution in [0.4, 0.5) is 0 Å². The smallest absolute Gasteiger partial charge is 0.112 e. The maximum Gasteiger partial charge on any atom is 0.112 e. The Balaban J connectivity index is 3.34. The molecule has 1 aromatic heterocycles. The highest BCUT2D eigenvalue weighted by Gasteiger charge is 2.35. The fourth-order valence-corrected chi connectivity index (χ4v) is 3.19. The summed E-state index contributed by atoms with van der Waals surface area (Å²) in [6.45, 7) is 20.8. The number of rotatable bonds is 8. The van der Waals surface area contributed by atoms with Crippen molar-refractivity contribution in [2.24, 2.45) is 0 Å². The van der Waals surface area contributed by atoms with Crippen LogP contribution in [0.15, 0.2) is 0 Å². The summed E-state index contributed by atoms with van der Waals surface area (Å²) in [5.74, 6) is 1.14. The summed E-state index contributed by atoms with van der Waals surface area (Å²) in [7, 11) is 0. The molecule has 1 rings (SSSR count). The number of unbranched alkanes of at least 4 members (excludes halogenated alkanes) is 2. The third kappa shape index (κ3) is 5.09. The molecule has 0 fully saturated rings. The highest BCUT2D eigenvalue weighted by atomic mass is 15.0. The van der Waals surface area contributed by atoms with E-state index in [1.165, 1.54) is 49.9 Å².